The molecule has 0 spiro atoms. The maximum atomic E-state index is 14.2. The number of carbonyl (C=O) groups is 2. The molecule has 226 valence electrons. The lowest BCUT2D eigenvalue weighted by atomic mass is 9.82. The number of ether oxygens (including phenoxy) is 3. The van der Waals surface area contributed by atoms with Crippen molar-refractivity contribution in [3.05, 3.63) is 89.3 Å². The number of ketones is 1. The minimum atomic E-state index is -0.808. The maximum absolute atomic E-state index is 14.2. The Morgan fingerprint density at radius 2 is 1.79 bits per heavy atom. The van der Waals surface area contributed by atoms with Gasteiger partial charge in [0.1, 0.15) is 11.4 Å². The topological polar surface area (TPSA) is 113 Å². The third-order valence-corrected chi connectivity index (χ3v) is 7.39. The monoisotopic (exact) mass is 586 g/mol. The highest BCUT2D eigenvalue weighted by molar-refractivity contribution is 6.12. The van der Waals surface area contributed by atoms with Crippen LogP contribution in [0.25, 0.3) is 0 Å². The number of anilines is 2. The standard InChI is InChI=1S/C33H38N4O6/c1-33(2,3)30(20-15-16-25-26(17-20)43-19-42-25)35-28-27(31(40)37(32(28)41-6)21-11-8-7-9-12-21)34-23-14-10-13-22(29(23)39)24(38)18-36(4)5/h7-17,30,32,34-35,39H,18-19H2,1-6H3/t30-,32?/m0/s1. The Morgan fingerprint density at radius 1 is 1.07 bits per heavy atom. The normalized spacial score (nSPS) is 17.0. The zero-order valence-corrected chi connectivity index (χ0v) is 25.3. The van der Waals surface area contributed by atoms with Gasteiger partial charge in [0.15, 0.2) is 23.5 Å². The van der Waals surface area contributed by atoms with Crippen LogP contribution in [0, 0.1) is 5.41 Å². The molecule has 2 aliphatic rings. The first-order valence-electron chi connectivity index (χ1n) is 14.1. The fourth-order valence-corrected chi connectivity index (χ4v) is 5.35. The summed E-state index contributed by atoms with van der Waals surface area (Å²) in [6.07, 6.45) is -0.808. The van der Waals surface area contributed by atoms with E-state index < -0.39 is 6.23 Å². The number of para-hydroxylation sites is 2. The van der Waals surface area contributed by atoms with Gasteiger partial charge in [-0.05, 0) is 61.5 Å². The molecule has 3 aromatic rings. The van der Waals surface area contributed by atoms with Gasteiger partial charge in [0.25, 0.3) is 5.91 Å². The molecule has 0 bridgehead atoms. The third kappa shape index (κ3) is 6.02. The number of benzene rings is 3. The zero-order chi connectivity index (χ0) is 30.9. The maximum Gasteiger partial charge on any atom is 0.279 e. The molecule has 2 aliphatic heterocycles. The second-order valence-corrected chi connectivity index (χ2v) is 11.9. The lowest BCUT2D eigenvalue weighted by Gasteiger charge is -2.35. The number of nitrogens with zero attached hydrogens (tertiary/aromatic N) is 2. The van der Waals surface area contributed by atoms with Gasteiger partial charge in [-0.1, -0.05) is 51.1 Å². The zero-order valence-electron chi connectivity index (χ0n) is 25.3. The van der Waals surface area contributed by atoms with E-state index in [1.807, 2.05) is 48.5 Å². The van der Waals surface area contributed by atoms with Crippen LogP contribution < -0.4 is 25.0 Å². The predicted octanol–water partition coefficient (Wildman–Crippen LogP) is 4.89. The minimum Gasteiger partial charge on any atom is -0.505 e. The quantitative estimate of drug-likeness (QED) is 0.226. The number of fused-ring (bicyclic) bond motifs is 1. The number of Topliss-reactive ketones (excluding diaryl/α,β-unsaturated/α-hetero) is 1. The summed E-state index contributed by atoms with van der Waals surface area (Å²) < 4.78 is 17.1. The summed E-state index contributed by atoms with van der Waals surface area (Å²) in [5, 5.41) is 17.9. The summed E-state index contributed by atoms with van der Waals surface area (Å²) in [5.74, 6) is 0.500. The van der Waals surface area contributed by atoms with Crippen LogP contribution in [0.5, 0.6) is 17.2 Å². The van der Waals surface area contributed by atoms with Gasteiger partial charge < -0.3 is 34.9 Å². The number of carbonyl (C=O) groups excluding carboxylic acids is 2. The number of phenolic OH excluding ortho intramolecular Hbond substituents is 1. The molecule has 3 N–H and O–H groups in total. The van der Waals surface area contributed by atoms with E-state index in [1.54, 1.807) is 49.2 Å². The number of amides is 1. The lowest BCUT2D eigenvalue weighted by Crippen LogP contribution is -2.41. The molecule has 0 saturated heterocycles. The van der Waals surface area contributed by atoms with Crippen LogP contribution in [-0.4, -0.2) is 62.5 Å². The van der Waals surface area contributed by atoms with Crippen LogP contribution in [0.2, 0.25) is 0 Å². The number of methoxy groups -OCH3 is 1. The van der Waals surface area contributed by atoms with E-state index in [1.165, 1.54) is 0 Å². The Balaban J connectivity index is 1.60. The minimum absolute atomic E-state index is 0.127. The number of hydrogen-bond donors (Lipinski definition) is 3. The molecular formula is C33H38N4O6. The van der Waals surface area contributed by atoms with Crippen molar-refractivity contribution in [3.63, 3.8) is 0 Å². The van der Waals surface area contributed by atoms with Crippen molar-refractivity contribution in [1.29, 1.82) is 0 Å². The Morgan fingerprint density at radius 3 is 2.47 bits per heavy atom. The molecule has 1 unspecified atom stereocenters. The first kappa shape index (κ1) is 29.9. The van der Waals surface area contributed by atoms with Gasteiger partial charge in [-0.3, -0.25) is 14.5 Å². The molecule has 1 amide bonds. The number of aromatic hydroxyl groups is 1. The summed E-state index contributed by atoms with van der Waals surface area (Å²) in [6, 6.07) is 19.6. The Kier molecular flexibility index (Phi) is 8.34. The van der Waals surface area contributed by atoms with Crippen LogP contribution in [0.4, 0.5) is 11.4 Å². The Bertz CT molecular complexity index is 1550. The third-order valence-electron chi connectivity index (χ3n) is 7.39. The number of hydrogen-bond acceptors (Lipinski definition) is 9. The van der Waals surface area contributed by atoms with Crippen molar-refractivity contribution in [2.45, 2.75) is 33.0 Å². The number of nitrogens with one attached hydrogen (secondary N) is 2. The van der Waals surface area contributed by atoms with Crippen LogP contribution >= 0.6 is 0 Å². The Labute approximate surface area is 251 Å². The van der Waals surface area contributed by atoms with E-state index in [9.17, 15) is 14.7 Å². The predicted molar refractivity (Wildman–Crippen MR) is 164 cm³/mol. The highest BCUT2D eigenvalue weighted by Gasteiger charge is 2.43. The highest BCUT2D eigenvalue weighted by atomic mass is 16.7. The first-order chi connectivity index (χ1) is 20.5. The molecule has 0 aliphatic carbocycles. The van der Waals surface area contributed by atoms with Crippen molar-refractivity contribution < 1.29 is 28.9 Å². The van der Waals surface area contributed by atoms with E-state index >= 15 is 0 Å². The molecule has 0 fully saturated rings. The first-order valence-corrected chi connectivity index (χ1v) is 14.1. The van der Waals surface area contributed by atoms with E-state index in [0.717, 1.165) is 5.56 Å². The molecule has 0 aromatic heterocycles. The van der Waals surface area contributed by atoms with Gasteiger partial charge in [0, 0.05) is 12.8 Å². The van der Waals surface area contributed by atoms with Crippen LogP contribution in [-0.2, 0) is 9.53 Å². The number of rotatable bonds is 10. The molecule has 3 aromatic carbocycles. The van der Waals surface area contributed by atoms with Crippen molar-refractivity contribution in [3.8, 4) is 17.2 Å². The number of phenols is 1. The van der Waals surface area contributed by atoms with Gasteiger partial charge in [-0.25, -0.2) is 0 Å². The average Bonchev–Trinajstić information content (AvgIpc) is 3.53. The van der Waals surface area contributed by atoms with Gasteiger partial charge in [0.05, 0.1) is 29.5 Å². The van der Waals surface area contributed by atoms with E-state index in [0.29, 0.717) is 22.9 Å². The summed E-state index contributed by atoms with van der Waals surface area (Å²) in [4.78, 5) is 30.3. The van der Waals surface area contributed by atoms with Crippen molar-refractivity contribution in [2.24, 2.45) is 5.41 Å². The van der Waals surface area contributed by atoms with Crippen molar-refractivity contribution >= 4 is 23.1 Å². The molecule has 2 atom stereocenters. The molecule has 5 rings (SSSR count). The smallest absolute Gasteiger partial charge is 0.279 e. The molecule has 0 saturated carbocycles. The number of likely N-dealkylation sites (N-methyl/N-ethyl adjacent to an activating group) is 1. The second kappa shape index (κ2) is 12.0. The SMILES string of the molecule is COC1C(N[C@@H](c2ccc3c(c2)OCO3)C(C)(C)C)=C(Nc2cccc(C(=O)CN(C)C)c2O)C(=O)N1c1ccccc1. The summed E-state index contributed by atoms with van der Waals surface area (Å²) in [6.45, 7) is 6.59. The molecule has 0 radical (unpaired) electrons. The summed E-state index contributed by atoms with van der Waals surface area (Å²) in [5.41, 5.74) is 2.32. The van der Waals surface area contributed by atoms with Gasteiger partial charge in [-0.2, -0.15) is 0 Å². The fraction of sp³-hybridized carbons (Fsp3) is 0.333. The van der Waals surface area contributed by atoms with Crippen molar-refractivity contribution in [1.82, 2.24) is 10.2 Å². The molecule has 2 heterocycles. The highest BCUT2D eigenvalue weighted by Crippen LogP contribution is 2.42. The van der Waals surface area contributed by atoms with Gasteiger partial charge in [-0.15, -0.1) is 0 Å². The average molecular weight is 587 g/mol. The summed E-state index contributed by atoms with van der Waals surface area (Å²) >= 11 is 0. The molecule has 10 heteroatoms. The van der Waals surface area contributed by atoms with Crippen LogP contribution in [0.3, 0.4) is 0 Å². The van der Waals surface area contributed by atoms with Gasteiger partial charge in [0.2, 0.25) is 6.79 Å². The van der Waals surface area contributed by atoms with E-state index in [2.05, 4.69) is 31.4 Å². The largest absolute Gasteiger partial charge is 0.505 e. The fourth-order valence-electron chi connectivity index (χ4n) is 5.35. The Hall–Kier alpha value is -4.54. The molecule has 10 nitrogen and oxygen atoms in total. The van der Waals surface area contributed by atoms with Gasteiger partial charge >= 0.3 is 0 Å². The molecular weight excluding hydrogens is 548 g/mol. The van der Waals surface area contributed by atoms with Crippen LogP contribution in [0.1, 0.15) is 42.7 Å². The summed E-state index contributed by atoms with van der Waals surface area (Å²) in [7, 11) is 5.11. The second-order valence-electron chi connectivity index (χ2n) is 11.9. The lowest BCUT2D eigenvalue weighted by molar-refractivity contribution is -0.115. The van der Waals surface area contributed by atoms with Crippen LogP contribution in [0.15, 0.2) is 78.1 Å². The molecule has 43 heavy (non-hydrogen) atoms. The van der Waals surface area contributed by atoms with Crippen molar-refractivity contribution in [2.75, 3.05) is 44.8 Å². The van der Waals surface area contributed by atoms with E-state index in [-0.39, 0.29) is 59.2 Å². The van der Waals surface area contributed by atoms with E-state index in [4.69, 9.17) is 14.2 Å².